The van der Waals surface area contributed by atoms with E-state index in [9.17, 15) is 35.1 Å². The fourth-order valence-electron chi connectivity index (χ4n) is 4.26. The summed E-state index contributed by atoms with van der Waals surface area (Å²) in [6.45, 7) is 1.24. The van der Waals surface area contributed by atoms with Crippen molar-refractivity contribution in [1.82, 2.24) is 10.6 Å². The van der Waals surface area contributed by atoms with Gasteiger partial charge in [-0.2, -0.15) is 0 Å². The van der Waals surface area contributed by atoms with Crippen LogP contribution in [0.2, 0.25) is 0 Å². The fraction of sp³-hybridized carbons (Fsp3) is 0.652. The quantitative estimate of drug-likeness (QED) is 0.179. The van der Waals surface area contributed by atoms with Gasteiger partial charge in [0.15, 0.2) is 12.6 Å². The minimum atomic E-state index is -1.58. The van der Waals surface area contributed by atoms with Crippen molar-refractivity contribution in [2.24, 2.45) is 0 Å². The molecule has 0 aliphatic carbocycles. The Morgan fingerprint density at radius 3 is 1.94 bits per heavy atom. The summed E-state index contributed by atoms with van der Waals surface area (Å²) in [4.78, 5) is 23.6. The first-order valence-corrected chi connectivity index (χ1v) is 11.6. The van der Waals surface area contributed by atoms with E-state index in [1.807, 2.05) is 30.3 Å². The second-order valence-electron chi connectivity index (χ2n) is 8.77. The molecule has 10 unspecified atom stereocenters. The first-order valence-electron chi connectivity index (χ1n) is 11.6. The van der Waals surface area contributed by atoms with Crippen molar-refractivity contribution >= 4 is 11.8 Å². The van der Waals surface area contributed by atoms with Gasteiger partial charge in [0.05, 0.1) is 19.8 Å². The molecular formula is C23H34N2O11. The number of carbonyl (C=O) groups is 2. The molecule has 1 aromatic carbocycles. The predicted molar refractivity (Wildman–Crippen MR) is 121 cm³/mol. The van der Waals surface area contributed by atoms with Crippen LogP contribution in [0.1, 0.15) is 19.4 Å². The molecule has 2 aliphatic rings. The number of carbonyl (C=O) groups excluding carboxylic acids is 2. The van der Waals surface area contributed by atoms with Gasteiger partial charge in [0.2, 0.25) is 11.8 Å². The molecule has 3 rings (SSSR count). The van der Waals surface area contributed by atoms with Gasteiger partial charge in [0.25, 0.3) is 0 Å². The lowest BCUT2D eigenvalue weighted by Crippen LogP contribution is -2.69. The predicted octanol–water partition coefficient (Wildman–Crippen LogP) is -2.89. The molecule has 2 fully saturated rings. The summed E-state index contributed by atoms with van der Waals surface area (Å²) in [6, 6.07) is 6.73. The lowest BCUT2D eigenvalue weighted by atomic mass is 9.94. The Hall–Kier alpha value is -2.20. The normalized spacial score (nSPS) is 36.8. The van der Waals surface area contributed by atoms with E-state index in [0.29, 0.717) is 0 Å². The summed E-state index contributed by atoms with van der Waals surface area (Å²) in [6.07, 6.45) is -11.0. The van der Waals surface area contributed by atoms with Crippen LogP contribution in [0.15, 0.2) is 30.3 Å². The SMILES string of the molecule is CC(=O)NC1C(OC2C(CO)OC(OCc3ccccc3)C(NC(C)=O)C2O)OC(CO)C(O)C1O. The lowest BCUT2D eigenvalue weighted by Gasteiger charge is -2.48. The molecule has 2 amide bonds. The zero-order valence-electron chi connectivity index (χ0n) is 20.0. The number of nitrogens with one attached hydrogen (secondary N) is 2. The minimum absolute atomic E-state index is 0.0938. The Morgan fingerprint density at radius 2 is 1.39 bits per heavy atom. The molecule has 0 spiro atoms. The van der Waals surface area contributed by atoms with Crippen LogP contribution >= 0.6 is 0 Å². The molecule has 7 N–H and O–H groups in total. The highest BCUT2D eigenvalue weighted by Crippen LogP contribution is 2.30. The van der Waals surface area contributed by atoms with Crippen molar-refractivity contribution in [1.29, 1.82) is 0 Å². The molecule has 0 radical (unpaired) electrons. The molecule has 13 nitrogen and oxygen atoms in total. The van der Waals surface area contributed by atoms with Crippen LogP contribution in [-0.2, 0) is 35.1 Å². The third kappa shape index (κ3) is 6.76. The Bertz CT molecular complexity index is 860. The fourth-order valence-corrected chi connectivity index (χ4v) is 4.26. The average molecular weight is 515 g/mol. The number of amides is 2. The van der Waals surface area contributed by atoms with Gasteiger partial charge in [-0.05, 0) is 5.56 Å². The van der Waals surface area contributed by atoms with Crippen LogP contribution in [0.5, 0.6) is 0 Å². The van der Waals surface area contributed by atoms with Crippen LogP contribution in [0, 0.1) is 0 Å². The number of ether oxygens (including phenoxy) is 4. The van der Waals surface area contributed by atoms with Crippen LogP contribution in [0.3, 0.4) is 0 Å². The molecule has 0 saturated carbocycles. The van der Waals surface area contributed by atoms with E-state index < -0.39 is 86.3 Å². The number of hydrogen-bond acceptors (Lipinski definition) is 11. The van der Waals surface area contributed by atoms with E-state index in [1.54, 1.807) is 0 Å². The van der Waals surface area contributed by atoms with E-state index in [2.05, 4.69) is 10.6 Å². The van der Waals surface area contributed by atoms with Gasteiger partial charge < -0.3 is 55.1 Å². The smallest absolute Gasteiger partial charge is 0.217 e. The van der Waals surface area contributed by atoms with Gasteiger partial charge in [-0.15, -0.1) is 0 Å². The van der Waals surface area contributed by atoms with Crippen LogP contribution in [0.25, 0.3) is 0 Å². The summed E-state index contributed by atoms with van der Waals surface area (Å²) in [5, 5.41) is 56.4. The van der Waals surface area contributed by atoms with E-state index in [-0.39, 0.29) is 6.61 Å². The maximum absolute atomic E-state index is 11.9. The van der Waals surface area contributed by atoms with Crippen LogP contribution in [0.4, 0.5) is 0 Å². The summed E-state index contributed by atoms with van der Waals surface area (Å²) < 4.78 is 23.1. The maximum atomic E-state index is 11.9. The van der Waals surface area contributed by atoms with Crippen LogP contribution < -0.4 is 10.6 Å². The van der Waals surface area contributed by atoms with E-state index in [4.69, 9.17) is 18.9 Å². The molecule has 10 atom stereocenters. The largest absolute Gasteiger partial charge is 0.394 e. The Labute approximate surface area is 207 Å². The number of rotatable bonds is 9. The topological polar surface area (TPSA) is 196 Å². The highest BCUT2D eigenvalue weighted by molar-refractivity contribution is 5.73. The summed E-state index contributed by atoms with van der Waals surface area (Å²) in [7, 11) is 0. The first-order chi connectivity index (χ1) is 17.2. The molecular weight excluding hydrogens is 480 g/mol. The van der Waals surface area contributed by atoms with Gasteiger partial charge in [-0.3, -0.25) is 9.59 Å². The van der Waals surface area contributed by atoms with Crippen molar-refractivity contribution in [3.8, 4) is 0 Å². The lowest BCUT2D eigenvalue weighted by molar-refractivity contribution is -0.333. The second kappa shape index (κ2) is 12.9. The van der Waals surface area contributed by atoms with Gasteiger partial charge >= 0.3 is 0 Å². The second-order valence-corrected chi connectivity index (χ2v) is 8.77. The summed E-state index contributed by atoms with van der Waals surface area (Å²) in [5.74, 6) is -1.04. The van der Waals surface area contributed by atoms with E-state index >= 15 is 0 Å². The molecule has 36 heavy (non-hydrogen) atoms. The van der Waals surface area contributed by atoms with Crippen LogP contribution in [-0.4, -0.2) is 112 Å². The molecule has 202 valence electrons. The Kier molecular flexibility index (Phi) is 10.1. The minimum Gasteiger partial charge on any atom is -0.394 e. The van der Waals surface area contributed by atoms with Crippen molar-refractivity contribution in [2.45, 2.75) is 81.7 Å². The number of benzene rings is 1. The third-order valence-electron chi connectivity index (χ3n) is 6.02. The van der Waals surface area contributed by atoms with Gasteiger partial charge in [-0.1, -0.05) is 30.3 Å². The Balaban J connectivity index is 1.82. The van der Waals surface area contributed by atoms with Crippen molar-refractivity contribution in [3.05, 3.63) is 35.9 Å². The number of hydrogen-bond donors (Lipinski definition) is 7. The molecule has 1 aromatic rings. The highest BCUT2D eigenvalue weighted by atomic mass is 16.7. The van der Waals surface area contributed by atoms with Crippen molar-refractivity contribution in [3.63, 3.8) is 0 Å². The Morgan fingerprint density at radius 1 is 0.833 bits per heavy atom. The zero-order chi connectivity index (χ0) is 26.4. The molecule has 2 aliphatic heterocycles. The molecule has 0 aromatic heterocycles. The number of aliphatic hydroxyl groups is 5. The molecule has 0 bridgehead atoms. The third-order valence-corrected chi connectivity index (χ3v) is 6.02. The first kappa shape index (κ1) is 28.4. The van der Waals surface area contributed by atoms with E-state index in [1.165, 1.54) is 13.8 Å². The standard InChI is InChI=1S/C23H34N2O11/c1-11(28)24-16-19(31)18(30)14(8-26)34-23(16)36-21-15(9-27)35-22(17(20(21)32)25-12(2)29)33-10-13-6-4-3-5-7-13/h3-7,14-23,26-27,30-32H,8-10H2,1-2H3,(H,24,28)(H,25,29). The molecule has 2 saturated heterocycles. The summed E-state index contributed by atoms with van der Waals surface area (Å²) >= 11 is 0. The van der Waals surface area contributed by atoms with Gasteiger partial charge in [0.1, 0.15) is 48.7 Å². The van der Waals surface area contributed by atoms with Gasteiger partial charge in [0, 0.05) is 13.8 Å². The van der Waals surface area contributed by atoms with Gasteiger partial charge in [-0.25, -0.2) is 0 Å². The van der Waals surface area contributed by atoms with Crippen molar-refractivity contribution in [2.75, 3.05) is 13.2 Å². The highest BCUT2D eigenvalue weighted by Gasteiger charge is 2.51. The summed E-state index contributed by atoms with van der Waals surface area (Å²) in [5.41, 5.74) is 0.812. The van der Waals surface area contributed by atoms with E-state index in [0.717, 1.165) is 5.56 Å². The monoisotopic (exact) mass is 514 g/mol. The average Bonchev–Trinajstić information content (AvgIpc) is 2.85. The molecule has 13 heteroatoms. The maximum Gasteiger partial charge on any atom is 0.217 e. The zero-order valence-corrected chi connectivity index (χ0v) is 20.0. The van der Waals surface area contributed by atoms with Crippen molar-refractivity contribution < 1.29 is 54.1 Å². The molecule has 2 heterocycles. The number of aliphatic hydroxyl groups excluding tert-OH is 5.